The Kier molecular flexibility index (Phi) is 5.21. The number of aromatic nitrogens is 1. The maximum absolute atomic E-state index is 13.9. The third-order valence-electron chi connectivity index (χ3n) is 3.65. The Balaban J connectivity index is 1.76. The monoisotopic (exact) mass is 367 g/mol. The van der Waals surface area contributed by atoms with E-state index >= 15 is 0 Å². The highest BCUT2D eigenvalue weighted by Gasteiger charge is 2.12. The van der Waals surface area contributed by atoms with Crippen molar-refractivity contribution in [3.8, 4) is 0 Å². The van der Waals surface area contributed by atoms with Gasteiger partial charge in [-0.05, 0) is 24.3 Å². The van der Waals surface area contributed by atoms with E-state index in [0.29, 0.717) is 11.8 Å². The Labute approximate surface area is 153 Å². The molecule has 0 aliphatic heterocycles. The Hall–Kier alpha value is -3.61. The standard InChI is InChI=1S/C20H15F2N3O2/c1-12(26)23-18-11-19(16(22)10-15(18)21)25-20(27)9-8-14-7-6-13-4-2-3-5-17(13)24-14/h2-11H,1H3,(H,23,26)(H,25,27)/b9-8+. The zero-order valence-corrected chi connectivity index (χ0v) is 14.3. The van der Waals surface area contributed by atoms with Crippen molar-refractivity contribution >= 4 is 40.2 Å². The van der Waals surface area contributed by atoms with Gasteiger partial charge in [0.25, 0.3) is 0 Å². The first kappa shape index (κ1) is 18.2. The van der Waals surface area contributed by atoms with Crippen molar-refractivity contribution in [3.63, 3.8) is 0 Å². The first-order chi connectivity index (χ1) is 12.9. The SMILES string of the molecule is CC(=O)Nc1cc(NC(=O)/C=C/c2ccc3ccccc3n2)c(F)cc1F. The fraction of sp³-hybridized carbons (Fsp3) is 0.0500. The molecule has 1 heterocycles. The molecule has 0 radical (unpaired) electrons. The molecule has 0 bridgehead atoms. The fourth-order valence-electron chi connectivity index (χ4n) is 2.44. The molecule has 136 valence electrons. The number of anilines is 2. The second kappa shape index (κ2) is 7.74. The summed E-state index contributed by atoms with van der Waals surface area (Å²) < 4.78 is 27.5. The Morgan fingerprint density at radius 2 is 1.67 bits per heavy atom. The average Bonchev–Trinajstić information content (AvgIpc) is 2.63. The van der Waals surface area contributed by atoms with Crippen LogP contribution in [0.25, 0.3) is 17.0 Å². The molecule has 0 saturated heterocycles. The molecule has 2 N–H and O–H groups in total. The van der Waals surface area contributed by atoms with Crippen molar-refractivity contribution in [1.82, 2.24) is 4.98 Å². The van der Waals surface area contributed by atoms with Gasteiger partial charge in [-0.25, -0.2) is 13.8 Å². The van der Waals surface area contributed by atoms with Gasteiger partial charge in [0.15, 0.2) is 0 Å². The fourth-order valence-corrected chi connectivity index (χ4v) is 2.44. The van der Waals surface area contributed by atoms with E-state index in [1.165, 1.54) is 19.1 Å². The lowest BCUT2D eigenvalue weighted by atomic mass is 10.2. The van der Waals surface area contributed by atoms with Gasteiger partial charge < -0.3 is 10.6 Å². The van der Waals surface area contributed by atoms with Crippen LogP contribution in [-0.4, -0.2) is 16.8 Å². The minimum Gasteiger partial charge on any atom is -0.324 e. The van der Waals surface area contributed by atoms with Gasteiger partial charge in [0, 0.05) is 24.5 Å². The molecule has 2 aromatic carbocycles. The average molecular weight is 367 g/mol. The van der Waals surface area contributed by atoms with Crippen LogP contribution in [0.5, 0.6) is 0 Å². The van der Waals surface area contributed by atoms with Crippen LogP contribution in [0.4, 0.5) is 20.2 Å². The number of amides is 2. The molecule has 2 amide bonds. The summed E-state index contributed by atoms with van der Waals surface area (Å²) in [6, 6.07) is 12.8. The lowest BCUT2D eigenvalue weighted by Gasteiger charge is -2.09. The minimum absolute atomic E-state index is 0.223. The predicted octanol–water partition coefficient (Wildman–Crippen LogP) is 4.12. The van der Waals surface area contributed by atoms with Gasteiger partial charge in [0.1, 0.15) is 11.6 Å². The van der Waals surface area contributed by atoms with Gasteiger partial charge >= 0.3 is 0 Å². The molecular weight excluding hydrogens is 352 g/mol. The molecule has 0 saturated carbocycles. The van der Waals surface area contributed by atoms with Crippen LogP contribution < -0.4 is 10.6 Å². The van der Waals surface area contributed by atoms with E-state index in [1.807, 2.05) is 30.3 Å². The maximum Gasteiger partial charge on any atom is 0.248 e. The van der Waals surface area contributed by atoms with E-state index in [2.05, 4.69) is 15.6 Å². The molecule has 3 rings (SSSR count). The van der Waals surface area contributed by atoms with Gasteiger partial charge in [0.2, 0.25) is 11.8 Å². The normalized spacial score (nSPS) is 10.9. The van der Waals surface area contributed by atoms with E-state index < -0.39 is 23.4 Å². The zero-order valence-electron chi connectivity index (χ0n) is 14.3. The van der Waals surface area contributed by atoms with Crippen LogP contribution in [-0.2, 0) is 9.59 Å². The summed E-state index contributed by atoms with van der Waals surface area (Å²) in [6.07, 6.45) is 2.68. The number of pyridine rings is 1. The first-order valence-electron chi connectivity index (χ1n) is 8.04. The topological polar surface area (TPSA) is 71.1 Å². The molecule has 0 spiro atoms. The highest BCUT2D eigenvalue weighted by atomic mass is 19.1. The van der Waals surface area contributed by atoms with Crippen LogP contribution >= 0.6 is 0 Å². The molecule has 0 aliphatic rings. The quantitative estimate of drug-likeness (QED) is 0.682. The smallest absolute Gasteiger partial charge is 0.248 e. The lowest BCUT2D eigenvalue weighted by Crippen LogP contribution is -2.12. The molecule has 27 heavy (non-hydrogen) atoms. The summed E-state index contributed by atoms with van der Waals surface area (Å²) in [5.41, 5.74) is 0.868. The second-order valence-corrected chi connectivity index (χ2v) is 5.74. The van der Waals surface area contributed by atoms with Crippen molar-refractivity contribution in [2.45, 2.75) is 6.92 Å². The largest absolute Gasteiger partial charge is 0.324 e. The number of carbonyl (C=O) groups is 2. The molecule has 0 aliphatic carbocycles. The number of carbonyl (C=O) groups excluding carboxylic acids is 2. The number of benzene rings is 2. The summed E-state index contributed by atoms with van der Waals surface area (Å²) in [4.78, 5) is 27.5. The molecule has 0 fully saturated rings. The second-order valence-electron chi connectivity index (χ2n) is 5.74. The van der Waals surface area contributed by atoms with Crippen LogP contribution in [0, 0.1) is 11.6 Å². The highest BCUT2D eigenvalue weighted by molar-refractivity contribution is 6.02. The van der Waals surface area contributed by atoms with Gasteiger partial charge in [-0.1, -0.05) is 24.3 Å². The van der Waals surface area contributed by atoms with E-state index in [9.17, 15) is 18.4 Å². The summed E-state index contributed by atoms with van der Waals surface area (Å²) in [5.74, 6) is -3.02. The summed E-state index contributed by atoms with van der Waals surface area (Å²) in [6.45, 7) is 1.19. The van der Waals surface area contributed by atoms with Crippen molar-refractivity contribution in [1.29, 1.82) is 0 Å². The first-order valence-corrected chi connectivity index (χ1v) is 8.04. The summed E-state index contributed by atoms with van der Waals surface area (Å²) >= 11 is 0. The number of nitrogens with zero attached hydrogens (tertiary/aromatic N) is 1. The Morgan fingerprint density at radius 3 is 2.41 bits per heavy atom. The molecule has 7 heteroatoms. The number of hydrogen-bond donors (Lipinski definition) is 2. The van der Waals surface area contributed by atoms with E-state index in [0.717, 1.165) is 17.0 Å². The number of nitrogens with one attached hydrogen (secondary N) is 2. The Bertz CT molecular complexity index is 1060. The van der Waals surface area contributed by atoms with Crippen LogP contribution in [0.2, 0.25) is 0 Å². The molecule has 1 aromatic heterocycles. The van der Waals surface area contributed by atoms with E-state index in [1.54, 1.807) is 6.07 Å². The van der Waals surface area contributed by atoms with Crippen molar-refractivity contribution in [2.75, 3.05) is 10.6 Å². The van der Waals surface area contributed by atoms with Gasteiger partial charge in [0.05, 0.1) is 22.6 Å². The summed E-state index contributed by atoms with van der Waals surface area (Å²) in [5, 5.41) is 5.51. The molecular formula is C20H15F2N3O2. The van der Waals surface area contributed by atoms with Crippen LogP contribution in [0.3, 0.4) is 0 Å². The van der Waals surface area contributed by atoms with Crippen LogP contribution in [0.1, 0.15) is 12.6 Å². The molecule has 0 atom stereocenters. The third kappa shape index (κ3) is 4.52. The van der Waals surface area contributed by atoms with Gasteiger partial charge in [-0.15, -0.1) is 0 Å². The maximum atomic E-state index is 13.9. The molecule has 5 nitrogen and oxygen atoms in total. The molecule has 0 unspecified atom stereocenters. The number of halogens is 2. The lowest BCUT2D eigenvalue weighted by molar-refractivity contribution is -0.114. The Morgan fingerprint density at radius 1 is 0.963 bits per heavy atom. The minimum atomic E-state index is -0.952. The molecule has 3 aromatic rings. The highest BCUT2D eigenvalue weighted by Crippen LogP contribution is 2.23. The van der Waals surface area contributed by atoms with Crippen molar-refractivity contribution in [3.05, 3.63) is 71.9 Å². The zero-order chi connectivity index (χ0) is 19.4. The third-order valence-corrected chi connectivity index (χ3v) is 3.65. The van der Waals surface area contributed by atoms with Gasteiger partial charge in [-0.2, -0.15) is 0 Å². The van der Waals surface area contributed by atoms with E-state index in [-0.39, 0.29) is 11.4 Å². The summed E-state index contributed by atoms with van der Waals surface area (Å²) in [7, 11) is 0. The number of rotatable bonds is 4. The van der Waals surface area contributed by atoms with Crippen molar-refractivity contribution in [2.24, 2.45) is 0 Å². The number of para-hydroxylation sites is 1. The number of hydrogen-bond acceptors (Lipinski definition) is 3. The van der Waals surface area contributed by atoms with E-state index in [4.69, 9.17) is 0 Å². The van der Waals surface area contributed by atoms with Gasteiger partial charge in [-0.3, -0.25) is 9.59 Å². The predicted molar refractivity (Wildman–Crippen MR) is 100 cm³/mol. The van der Waals surface area contributed by atoms with Crippen LogP contribution in [0.15, 0.2) is 54.6 Å². The van der Waals surface area contributed by atoms with Crippen molar-refractivity contribution < 1.29 is 18.4 Å². The number of fused-ring (bicyclic) bond motifs is 1.